The lowest BCUT2D eigenvalue weighted by atomic mass is 10.1. The summed E-state index contributed by atoms with van der Waals surface area (Å²) in [5, 5.41) is 9.44. The molecule has 0 amide bonds. The van der Waals surface area contributed by atoms with Crippen molar-refractivity contribution in [1.29, 1.82) is 5.26 Å². The van der Waals surface area contributed by atoms with Crippen LogP contribution in [-0.2, 0) is 6.18 Å². The standard InChI is InChI=1S/C12H4BrCl2F3N2/c13-10-9(5-1-2-6(14)7(15)3-5)8(4-19)20-11(10)12(16,17)18/h1-3,20H. The summed E-state index contributed by atoms with van der Waals surface area (Å²) in [7, 11) is 0. The van der Waals surface area contributed by atoms with Gasteiger partial charge in [0.15, 0.2) is 0 Å². The second-order valence-electron chi connectivity index (χ2n) is 3.80. The number of rotatable bonds is 1. The van der Waals surface area contributed by atoms with Crippen LogP contribution in [-0.4, -0.2) is 4.98 Å². The first-order chi connectivity index (χ1) is 9.25. The minimum absolute atomic E-state index is 0.0957. The van der Waals surface area contributed by atoms with Crippen molar-refractivity contribution in [2.24, 2.45) is 0 Å². The molecule has 0 aliphatic heterocycles. The molecule has 0 radical (unpaired) electrons. The van der Waals surface area contributed by atoms with E-state index >= 15 is 0 Å². The number of hydrogen-bond acceptors (Lipinski definition) is 1. The zero-order valence-electron chi connectivity index (χ0n) is 9.45. The molecule has 0 saturated carbocycles. The maximum Gasteiger partial charge on any atom is 0.432 e. The number of nitrogens with zero attached hydrogens (tertiary/aromatic N) is 1. The number of hydrogen-bond donors (Lipinski definition) is 1. The Bertz CT molecular complexity index is 717. The number of halogens is 6. The van der Waals surface area contributed by atoms with Crippen LogP contribution in [0.4, 0.5) is 13.2 Å². The molecule has 0 atom stereocenters. The fourth-order valence-electron chi connectivity index (χ4n) is 1.68. The Labute approximate surface area is 130 Å². The number of aromatic nitrogens is 1. The van der Waals surface area contributed by atoms with Crippen LogP contribution in [0, 0.1) is 11.3 Å². The maximum absolute atomic E-state index is 12.8. The average molecular weight is 384 g/mol. The van der Waals surface area contributed by atoms with E-state index < -0.39 is 11.9 Å². The molecule has 1 heterocycles. The second-order valence-corrected chi connectivity index (χ2v) is 5.41. The molecule has 2 nitrogen and oxygen atoms in total. The monoisotopic (exact) mass is 382 g/mol. The van der Waals surface area contributed by atoms with Crippen LogP contribution in [0.25, 0.3) is 11.1 Å². The summed E-state index contributed by atoms with van der Waals surface area (Å²) in [5.41, 5.74) is -0.773. The van der Waals surface area contributed by atoms with Crippen LogP contribution < -0.4 is 0 Å². The molecule has 0 saturated heterocycles. The Balaban J connectivity index is 2.71. The van der Waals surface area contributed by atoms with Gasteiger partial charge in [-0.3, -0.25) is 0 Å². The molecule has 2 aromatic rings. The van der Waals surface area contributed by atoms with Crippen LogP contribution in [0.1, 0.15) is 11.4 Å². The van der Waals surface area contributed by atoms with E-state index in [-0.39, 0.29) is 25.8 Å². The fourth-order valence-corrected chi connectivity index (χ4v) is 2.73. The molecule has 0 fully saturated rings. The smallest absolute Gasteiger partial charge is 0.341 e. The van der Waals surface area contributed by atoms with E-state index in [9.17, 15) is 13.2 Å². The van der Waals surface area contributed by atoms with E-state index in [0.717, 1.165) is 0 Å². The van der Waals surface area contributed by atoms with E-state index in [1.807, 2.05) is 0 Å². The molecule has 1 N–H and O–H groups in total. The summed E-state index contributed by atoms with van der Waals surface area (Å²) in [4.78, 5) is 2.06. The predicted molar refractivity (Wildman–Crippen MR) is 73.7 cm³/mol. The number of aromatic amines is 1. The van der Waals surface area contributed by atoms with Crippen molar-refractivity contribution in [3.8, 4) is 17.2 Å². The van der Waals surface area contributed by atoms with E-state index in [4.69, 9.17) is 28.5 Å². The van der Waals surface area contributed by atoms with E-state index in [1.54, 1.807) is 6.07 Å². The van der Waals surface area contributed by atoms with Gasteiger partial charge in [-0.05, 0) is 33.6 Å². The predicted octanol–water partition coefficient (Wildman–Crippen LogP) is 5.64. The Morgan fingerprint density at radius 2 is 1.85 bits per heavy atom. The molecule has 1 aromatic carbocycles. The molecule has 0 unspecified atom stereocenters. The first kappa shape index (κ1) is 15.2. The molecule has 0 bridgehead atoms. The molecular formula is C12H4BrCl2F3N2. The summed E-state index contributed by atoms with van der Waals surface area (Å²) in [5.74, 6) is 0. The van der Waals surface area contributed by atoms with Crippen LogP contribution in [0.5, 0.6) is 0 Å². The normalized spacial score (nSPS) is 11.4. The maximum atomic E-state index is 12.8. The van der Waals surface area contributed by atoms with Gasteiger partial charge in [0.05, 0.1) is 14.5 Å². The zero-order valence-corrected chi connectivity index (χ0v) is 12.5. The lowest BCUT2D eigenvalue weighted by Crippen LogP contribution is -2.06. The highest BCUT2D eigenvalue weighted by Crippen LogP contribution is 2.42. The molecule has 1 aromatic heterocycles. The topological polar surface area (TPSA) is 39.6 Å². The van der Waals surface area contributed by atoms with Crippen molar-refractivity contribution in [2.75, 3.05) is 0 Å². The highest BCUT2D eigenvalue weighted by Gasteiger charge is 2.37. The third-order valence-electron chi connectivity index (χ3n) is 2.54. The SMILES string of the molecule is N#Cc1[nH]c(C(F)(F)F)c(Br)c1-c1ccc(Cl)c(Cl)c1. The third-order valence-corrected chi connectivity index (χ3v) is 4.07. The van der Waals surface area contributed by atoms with Crippen molar-refractivity contribution >= 4 is 39.1 Å². The van der Waals surface area contributed by atoms with Crippen molar-refractivity contribution in [3.63, 3.8) is 0 Å². The lowest BCUT2D eigenvalue weighted by Gasteiger charge is -2.05. The van der Waals surface area contributed by atoms with Gasteiger partial charge in [0.2, 0.25) is 0 Å². The highest BCUT2D eigenvalue weighted by atomic mass is 79.9. The first-order valence-electron chi connectivity index (χ1n) is 5.10. The largest absolute Gasteiger partial charge is 0.432 e. The van der Waals surface area contributed by atoms with E-state index in [1.165, 1.54) is 18.2 Å². The summed E-state index contributed by atoms with van der Waals surface area (Å²) in [6.45, 7) is 0. The van der Waals surface area contributed by atoms with Gasteiger partial charge in [-0.15, -0.1) is 0 Å². The van der Waals surface area contributed by atoms with E-state index in [2.05, 4.69) is 20.9 Å². The number of nitrogens with one attached hydrogen (secondary N) is 1. The molecule has 0 spiro atoms. The lowest BCUT2D eigenvalue weighted by molar-refractivity contribution is -0.141. The Kier molecular flexibility index (Phi) is 4.05. The van der Waals surface area contributed by atoms with Gasteiger partial charge in [0, 0.05) is 5.56 Å². The van der Waals surface area contributed by atoms with Gasteiger partial charge in [-0.1, -0.05) is 29.3 Å². The fraction of sp³-hybridized carbons (Fsp3) is 0.0833. The average Bonchev–Trinajstić information content (AvgIpc) is 2.69. The molecule has 8 heteroatoms. The van der Waals surface area contributed by atoms with Crippen LogP contribution in [0.3, 0.4) is 0 Å². The van der Waals surface area contributed by atoms with Crippen molar-refractivity contribution < 1.29 is 13.2 Å². The molecule has 2 rings (SSSR count). The van der Waals surface area contributed by atoms with Gasteiger partial charge in [-0.2, -0.15) is 18.4 Å². The Hall–Kier alpha value is -1.16. The molecule has 0 aliphatic carbocycles. The van der Waals surface area contributed by atoms with Crippen molar-refractivity contribution in [1.82, 2.24) is 4.98 Å². The van der Waals surface area contributed by atoms with Crippen molar-refractivity contribution in [3.05, 3.63) is 44.1 Å². The van der Waals surface area contributed by atoms with Gasteiger partial charge in [0.25, 0.3) is 0 Å². The molecular weight excluding hydrogens is 380 g/mol. The van der Waals surface area contributed by atoms with Gasteiger partial charge in [-0.25, -0.2) is 0 Å². The molecule has 104 valence electrons. The molecule has 20 heavy (non-hydrogen) atoms. The van der Waals surface area contributed by atoms with Crippen molar-refractivity contribution in [2.45, 2.75) is 6.18 Å². The zero-order chi connectivity index (χ0) is 15.1. The number of nitriles is 1. The summed E-state index contributed by atoms with van der Waals surface area (Å²) < 4.78 is 38.2. The second kappa shape index (κ2) is 5.32. The minimum atomic E-state index is -4.60. The summed E-state index contributed by atoms with van der Waals surface area (Å²) in [6, 6.07) is 6.04. The summed E-state index contributed by atoms with van der Waals surface area (Å²) in [6.07, 6.45) is -4.60. The number of H-pyrrole nitrogens is 1. The van der Waals surface area contributed by atoms with Gasteiger partial charge in [0.1, 0.15) is 17.5 Å². The van der Waals surface area contributed by atoms with Crippen LogP contribution >= 0.6 is 39.1 Å². The van der Waals surface area contributed by atoms with Gasteiger partial charge >= 0.3 is 6.18 Å². The number of alkyl halides is 3. The quantitative estimate of drug-likeness (QED) is 0.679. The number of benzene rings is 1. The Morgan fingerprint density at radius 3 is 2.35 bits per heavy atom. The van der Waals surface area contributed by atoms with Gasteiger partial charge < -0.3 is 4.98 Å². The first-order valence-corrected chi connectivity index (χ1v) is 6.64. The van der Waals surface area contributed by atoms with Crippen LogP contribution in [0.2, 0.25) is 10.0 Å². The highest BCUT2D eigenvalue weighted by molar-refractivity contribution is 9.10. The third kappa shape index (κ3) is 2.66. The summed E-state index contributed by atoms with van der Waals surface area (Å²) >= 11 is 14.5. The Morgan fingerprint density at radius 1 is 1.20 bits per heavy atom. The minimum Gasteiger partial charge on any atom is -0.341 e. The van der Waals surface area contributed by atoms with E-state index in [0.29, 0.717) is 5.56 Å². The van der Waals surface area contributed by atoms with Crippen LogP contribution in [0.15, 0.2) is 22.7 Å². The molecule has 0 aliphatic rings.